The molecule has 6 heteroatoms. The van der Waals surface area contributed by atoms with Crippen molar-refractivity contribution in [1.29, 1.82) is 0 Å². The fourth-order valence-corrected chi connectivity index (χ4v) is 3.83. The molecule has 158 valence electrons. The molecule has 1 atom stereocenters. The monoisotopic (exact) mass is 416 g/mol. The van der Waals surface area contributed by atoms with Crippen LogP contribution >= 0.6 is 0 Å². The van der Waals surface area contributed by atoms with E-state index in [0.29, 0.717) is 11.4 Å². The van der Waals surface area contributed by atoms with Gasteiger partial charge in [-0.1, -0.05) is 54.6 Å². The first-order chi connectivity index (χ1) is 14.8. The van der Waals surface area contributed by atoms with Gasteiger partial charge in [-0.05, 0) is 49.2 Å². The van der Waals surface area contributed by atoms with Gasteiger partial charge in [-0.25, -0.2) is 0 Å². The first kappa shape index (κ1) is 20.6. The van der Waals surface area contributed by atoms with E-state index in [1.165, 1.54) is 11.8 Å². The Balaban J connectivity index is 1.51. The van der Waals surface area contributed by atoms with Gasteiger partial charge in [0.15, 0.2) is 6.10 Å². The molecule has 0 fully saturated rings. The van der Waals surface area contributed by atoms with Gasteiger partial charge in [0, 0.05) is 0 Å². The molecule has 0 bridgehead atoms. The predicted molar refractivity (Wildman–Crippen MR) is 120 cm³/mol. The van der Waals surface area contributed by atoms with Gasteiger partial charge in [-0.2, -0.15) is 0 Å². The average Bonchev–Trinajstić information content (AvgIpc) is 2.74. The molecule has 0 aliphatic carbocycles. The Hall–Kier alpha value is -3.67. The summed E-state index contributed by atoms with van der Waals surface area (Å²) >= 11 is 0. The highest BCUT2D eigenvalue weighted by atomic mass is 16.5. The zero-order chi connectivity index (χ0) is 22.2. The van der Waals surface area contributed by atoms with Gasteiger partial charge < -0.3 is 10.1 Å². The molecule has 1 heterocycles. The molecule has 0 unspecified atom stereocenters. The van der Waals surface area contributed by atoms with Crippen LogP contribution in [-0.2, 0) is 25.5 Å². The van der Waals surface area contributed by atoms with Gasteiger partial charge in [0.2, 0.25) is 5.91 Å². The van der Waals surface area contributed by atoms with Crippen molar-refractivity contribution in [3.05, 3.63) is 72.3 Å². The topological polar surface area (TPSA) is 75.7 Å². The van der Waals surface area contributed by atoms with Crippen LogP contribution in [0.3, 0.4) is 0 Å². The minimum absolute atomic E-state index is 0.0585. The molecule has 0 saturated carbocycles. The normalized spacial score (nSPS) is 15.7. The van der Waals surface area contributed by atoms with Crippen LogP contribution in [0.15, 0.2) is 66.7 Å². The smallest absolute Gasteiger partial charge is 0.311 e. The molecular formula is C25H24N2O4. The van der Waals surface area contributed by atoms with Crippen LogP contribution in [0.5, 0.6) is 0 Å². The predicted octanol–water partition coefficient (Wildman–Crippen LogP) is 4.08. The first-order valence-corrected chi connectivity index (χ1v) is 10.2. The van der Waals surface area contributed by atoms with Gasteiger partial charge in [0.05, 0.1) is 17.8 Å². The van der Waals surface area contributed by atoms with Crippen LogP contribution in [0.4, 0.5) is 11.4 Å². The zero-order valence-electron chi connectivity index (χ0n) is 17.7. The van der Waals surface area contributed by atoms with Crippen molar-refractivity contribution in [3.8, 4) is 0 Å². The van der Waals surface area contributed by atoms with Crippen molar-refractivity contribution in [3.63, 3.8) is 0 Å². The number of rotatable bonds is 4. The largest absolute Gasteiger partial charge is 0.452 e. The van der Waals surface area contributed by atoms with Crippen molar-refractivity contribution < 1.29 is 19.1 Å². The van der Waals surface area contributed by atoms with Crippen LogP contribution in [0.2, 0.25) is 0 Å². The van der Waals surface area contributed by atoms with Crippen LogP contribution in [0.1, 0.15) is 26.3 Å². The number of hydrogen-bond donors (Lipinski definition) is 1. The molecule has 6 nitrogen and oxygen atoms in total. The molecule has 0 spiro atoms. The summed E-state index contributed by atoms with van der Waals surface area (Å²) in [5, 5.41) is 4.95. The van der Waals surface area contributed by atoms with E-state index in [1.54, 1.807) is 38.1 Å². The number of benzene rings is 3. The summed E-state index contributed by atoms with van der Waals surface area (Å²) in [6, 6.07) is 20.8. The number of carbonyl (C=O) groups is 3. The van der Waals surface area contributed by atoms with E-state index < -0.39 is 23.5 Å². The highest BCUT2D eigenvalue weighted by Gasteiger charge is 2.45. The maximum Gasteiger partial charge on any atom is 0.311 e. The lowest BCUT2D eigenvalue weighted by Gasteiger charge is -2.42. The molecule has 2 amide bonds. The maximum absolute atomic E-state index is 13.3. The second-order valence-electron chi connectivity index (χ2n) is 8.19. The van der Waals surface area contributed by atoms with Gasteiger partial charge in [-0.15, -0.1) is 0 Å². The Bertz CT molecular complexity index is 1180. The highest BCUT2D eigenvalue weighted by Crippen LogP contribution is 2.37. The fourth-order valence-electron chi connectivity index (χ4n) is 3.83. The van der Waals surface area contributed by atoms with Crippen molar-refractivity contribution >= 4 is 39.9 Å². The Labute approximate surface area is 180 Å². The molecule has 4 rings (SSSR count). The Morgan fingerprint density at radius 1 is 1.00 bits per heavy atom. The molecule has 0 saturated heterocycles. The second kappa shape index (κ2) is 7.87. The third-order valence-electron chi connectivity index (χ3n) is 5.55. The first-order valence-electron chi connectivity index (χ1n) is 10.2. The number of esters is 1. The minimum Gasteiger partial charge on any atom is -0.452 e. The molecule has 0 radical (unpaired) electrons. The van der Waals surface area contributed by atoms with Gasteiger partial charge in [-0.3, -0.25) is 19.3 Å². The highest BCUT2D eigenvalue weighted by molar-refractivity contribution is 6.15. The van der Waals surface area contributed by atoms with Gasteiger partial charge in [0.25, 0.3) is 5.91 Å². The summed E-state index contributed by atoms with van der Waals surface area (Å²) in [6.45, 7) is 4.87. The number of amides is 2. The Kier molecular flexibility index (Phi) is 5.23. The van der Waals surface area contributed by atoms with Crippen molar-refractivity contribution in [2.75, 3.05) is 10.2 Å². The summed E-state index contributed by atoms with van der Waals surface area (Å²) in [4.78, 5) is 39.8. The number of carbonyl (C=O) groups excluding carboxylic acids is 3. The van der Waals surface area contributed by atoms with Crippen LogP contribution in [-0.4, -0.2) is 29.4 Å². The second-order valence-corrected chi connectivity index (χ2v) is 8.19. The van der Waals surface area contributed by atoms with Crippen molar-refractivity contribution in [2.24, 2.45) is 0 Å². The van der Waals surface area contributed by atoms with Crippen molar-refractivity contribution in [1.82, 2.24) is 0 Å². The molecule has 1 aliphatic heterocycles. The number of nitrogens with one attached hydrogen (secondary N) is 1. The number of ether oxygens (including phenoxy) is 1. The molecule has 1 N–H and O–H groups in total. The van der Waals surface area contributed by atoms with Crippen LogP contribution in [0, 0.1) is 0 Å². The lowest BCUT2D eigenvalue weighted by molar-refractivity contribution is -0.153. The van der Waals surface area contributed by atoms with E-state index in [-0.39, 0.29) is 12.3 Å². The standard InChI is InChI=1S/C25H24N2O4/c1-16(31-22(28)15-17-12-13-18-8-4-5-9-19(18)14-17)23(29)27-21-11-7-6-10-20(21)26-24(30)25(27,2)3/h4-14,16H,15H2,1-3H3,(H,26,30)/t16-/m0/s1. The summed E-state index contributed by atoms with van der Waals surface area (Å²) in [6.07, 6.45) is -0.977. The molecular weight excluding hydrogens is 392 g/mol. The summed E-state index contributed by atoms with van der Waals surface area (Å²) in [5.41, 5.74) is 0.820. The number of hydrogen-bond acceptors (Lipinski definition) is 4. The van der Waals surface area contributed by atoms with Gasteiger partial charge >= 0.3 is 5.97 Å². The number of fused-ring (bicyclic) bond motifs is 2. The summed E-state index contributed by atoms with van der Waals surface area (Å²) < 4.78 is 5.46. The molecule has 3 aromatic rings. The lowest BCUT2D eigenvalue weighted by atomic mass is 9.95. The molecule has 3 aromatic carbocycles. The van der Waals surface area contributed by atoms with E-state index >= 15 is 0 Å². The number of para-hydroxylation sites is 2. The third-order valence-corrected chi connectivity index (χ3v) is 5.55. The zero-order valence-corrected chi connectivity index (χ0v) is 17.7. The van der Waals surface area contributed by atoms with Gasteiger partial charge in [0.1, 0.15) is 5.54 Å². The summed E-state index contributed by atoms with van der Waals surface area (Å²) in [7, 11) is 0. The van der Waals surface area contributed by atoms with Crippen LogP contribution in [0.25, 0.3) is 10.8 Å². The molecule has 1 aliphatic rings. The van der Waals surface area contributed by atoms with E-state index in [0.717, 1.165) is 16.3 Å². The van der Waals surface area contributed by atoms with E-state index in [1.807, 2.05) is 42.5 Å². The number of anilines is 2. The van der Waals surface area contributed by atoms with E-state index in [9.17, 15) is 14.4 Å². The quantitative estimate of drug-likeness (QED) is 0.651. The molecule has 0 aromatic heterocycles. The number of nitrogens with zero attached hydrogens (tertiary/aromatic N) is 1. The SMILES string of the molecule is C[C@H](OC(=O)Cc1ccc2ccccc2c1)C(=O)N1c2ccccc2NC(=O)C1(C)C. The Morgan fingerprint density at radius 3 is 2.45 bits per heavy atom. The lowest BCUT2D eigenvalue weighted by Crippen LogP contribution is -2.60. The summed E-state index contributed by atoms with van der Waals surface area (Å²) in [5.74, 6) is -1.24. The molecule has 31 heavy (non-hydrogen) atoms. The third kappa shape index (κ3) is 3.89. The minimum atomic E-state index is -1.12. The fraction of sp³-hybridized carbons (Fsp3) is 0.240. The Morgan fingerprint density at radius 2 is 1.68 bits per heavy atom. The van der Waals surface area contributed by atoms with E-state index in [4.69, 9.17) is 4.74 Å². The average molecular weight is 416 g/mol. The van der Waals surface area contributed by atoms with Crippen molar-refractivity contribution in [2.45, 2.75) is 38.8 Å². The van der Waals surface area contributed by atoms with Crippen LogP contribution < -0.4 is 10.2 Å². The van der Waals surface area contributed by atoms with E-state index in [2.05, 4.69) is 5.32 Å². The maximum atomic E-state index is 13.3.